The minimum absolute atomic E-state index is 0.0576. The van der Waals surface area contributed by atoms with Crippen molar-refractivity contribution in [2.45, 2.75) is 38.8 Å². The van der Waals surface area contributed by atoms with Crippen molar-refractivity contribution in [3.63, 3.8) is 0 Å². The van der Waals surface area contributed by atoms with Crippen LogP contribution in [0.2, 0.25) is 0 Å². The zero-order valence-electron chi connectivity index (χ0n) is 15.9. The molecule has 2 unspecified atom stereocenters. The molecule has 0 radical (unpaired) electrons. The van der Waals surface area contributed by atoms with Crippen molar-refractivity contribution in [2.75, 3.05) is 11.9 Å². The standard InChI is InChI=1S/C17H27N7O4/c1-10(2)14(18)16(26)23-13(4-3-9-21-17(19)20)15(25)22-11-5-7-12(8-6-11)24(27)28/h5-8,10,13-14H,3-4,9,18H2,1-2H3,(H,22,25)(H,23,26)(H4,19,20,21). The van der Waals surface area contributed by atoms with E-state index >= 15 is 0 Å². The number of carbonyl (C=O) groups is 2. The molecule has 11 nitrogen and oxygen atoms in total. The molecule has 0 aliphatic heterocycles. The zero-order chi connectivity index (χ0) is 21.3. The lowest BCUT2D eigenvalue weighted by Gasteiger charge is -2.22. The molecule has 2 amide bonds. The number of benzene rings is 1. The van der Waals surface area contributed by atoms with Gasteiger partial charge in [-0.2, -0.15) is 0 Å². The Labute approximate surface area is 162 Å². The molecule has 8 N–H and O–H groups in total. The van der Waals surface area contributed by atoms with Gasteiger partial charge in [-0.15, -0.1) is 0 Å². The molecule has 0 aliphatic carbocycles. The van der Waals surface area contributed by atoms with E-state index in [0.717, 1.165) is 0 Å². The Hall–Kier alpha value is -3.21. The highest BCUT2D eigenvalue weighted by Crippen LogP contribution is 2.16. The summed E-state index contributed by atoms with van der Waals surface area (Å²) in [7, 11) is 0. The zero-order valence-corrected chi connectivity index (χ0v) is 15.9. The third kappa shape index (κ3) is 7.58. The predicted molar refractivity (Wildman–Crippen MR) is 106 cm³/mol. The number of nitrogens with zero attached hydrogens (tertiary/aromatic N) is 2. The summed E-state index contributed by atoms with van der Waals surface area (Å²) in [5.74, 6) is -1.07. The smallest absolute Gasteiger partial charge is 0.269 e. The minimum Gasteiger partial charge on any atom is -0.370 e. The highest BCUT2D eigenvalue weighted by atomic mass is 16.6. The van der Waals surface area contributed by atoms with Gasteiger partial charge in [-0.25, -0.2) is 0 Å². The second-order valence-corrected chi connectivity index (χ2v) is 6.57. The van der Waals surface area contributed by atoms with E-state index in [4.69, 9.17) is 17.2 Å². The number of amides is 2. The summed E-state index contributed by atoms with van der Waals surface area (Å²) >= 11 is 0. The van der Waals surface area contributed by atoms with Gasteiger partial charge in [0, 0.05) is 24.4 Å². The highest BCUT2D eigenvalue weighted by molar-refractivity contribution is 5.97. The fourth-order valence-corrected chi connectivity index (χ4v) is 2.24. The molecule has 28 heavy (non-hydrogen) atoms. The minimum atomic E-state index is -0.860. The molecule has 0 saturated carbocycles. The number of rotatable bonds is 10. The summed E-state index contributed by atoms with van der Waals surface area (Å²) in [4.78, 5) is 38.9. The van der Waals surface area contributed by atoms with E-state index in [2.05, 4.69) is 15.6 Å². The van der Waals surface area contributed by atoms with E-state index in [1.807, 2.05) is 0 Å². The van der Waals surface area contributed by atoms with Crippen LogP contribution in [0.5, 0.6) is 0 Å². The first kappa shape index (κ1) is 22.8. The third-order valence-corrected chi connectivity index (χ3v) is 3.94. The molecule has 0 spiro atoms. The maximum absolute atomic E-state index is 12.6. The molecule has 1 aromatic rings. The quantitative estimate of drug-likeness (QED) is 0.122. The van der Waals surface area contributed by atoms with Crippen molar-refractivity contribution in [1.82, 2.24) is 5.32 Å². The van der Waals surface area contributed by atoms with Crippen LogP contribution in [0.25, 0.3) is 0 Å². The van der Waals surface area contributed by atoms with Gasteiger partial charge in [-0.1, -0.05) is 13.8 Å². The molecule has 0 fully saturated rings. The second kappa shape index (κ2) is 10.8. The second-order valence-electron chi connectivity index (χ2n) is 6.57. The van der Waals surface area contributed by atoms with E-state index in [-0.39, 0.29) is 24.0 Å². The van der Waals surface area contributed by atoms with E-state index in [9.17, 15) is 19.7 Å². The van der Waals surface area contributed by atoms with Crippen molar-refractivity contribution in [3.05, 3.63) is 34.4 Å². The summed E-state index contributed by atoms with van der Waals surface area (Å²) < 4.78 is 0. The van der Waals surface area contributed by atoms with Gasteiger partial charge < -0.3 is 27.8 Å². The van der Waals surface area contributed by atoms with Crippen LogP contribution in [0.15, 0.2) is 29.3 Å². The maximum Gasteiger partial charge on any atom is 0.269 e. The Morgan fingerprint density at radius 1 is 1.18 bits per heavy atom. The van der Waals surface area contributed by atoms with Crippen LogP contribution >= 0.6 is 0 Å². The molecule has 0 aliphatic rings. The number of nitro groups is 1. The first-order valence-electron chi connectivity index (χ1n) is 8.78. The van der Waals surface area contributed by atoms with Crippen LogP contribution in [0.3, 0.4) is 0 Å². The van der Waals surface area contributed by atoms with Gasteiger partial charge in [-0.3, -0.25) is 24.7 Å². The molecule has 0 saturated heterocycles. The Balaban J connectivity index is 2.82. The Bertz CT molecular complexity index is 715. The van der Waals surface area contributed by atoms with Gasteiger partial charge in [0.15, 0.2) is 5.96 Å². The number of hydrogen-bond donors (Lipinski definition) is 5. The Morgan fingerprint density at radius 2 is 1.79 bits per heavy atom. The highest BCUT2D eigenvalue weighted by Gasteiger charge is 2.25. The molecule has 1 aromatic carbocycles. The van der Waals surface area contributed by atoms with Crippen molar-refractivity contribution >= 4 is 29.1 Å². The van der Waals surface area contributed by atoms with E-state index in [1.165, 1.54) is 24.3 Å². The van der Waals surface area contributed by atoms with Crippen molar-refractivity contribution in [2.24, 2.45) is 28.1 Å². The predicted octanol–water partition coefficient (Wildman–Crippen LogP) is 0.0550. The maximum atomic E-state index is 12.6. The molecule has 0 aromatic heterocycles. The fourth-order valence-electron chi connectivity index (χ4n) is 2.24. The molecule has 0 heterocycles. The lowest BCUT2D eigenvalue weighted by molar-refractivity contribution is -0.384. The summed E-state index contributed by atoms with van der Waals surface area (Å²) in [5.41, 5.74) is 16.7. The van der Waals surface area contributed by atoms with Crippen LogP contribution in [0.4, 0.5) is 11.4 Å². The summed E-state index contributed by atoms with van der Waals surface area (Å²) in [6.45, 7) is 3.90. The molecule has 2 atom stereocenters. The number of nitrogens with one attached hydrogen (secondary N) is 2. The first-order chi connectivity index (χ1) is 13.1. The van der Waals surface area contributed by atoms with Gasteiger partial charge in [0.1, 0.15) is 6.04 Å². The number of nitrogens with two attached hydrogens (primary N) is 3. The molecule has 1 rings (SSSR count). The Kier molecular flexibility index (Phi) is 8.82. The molecular formula is C17H27N7O4. The molecule has 154 valence electrons. The largest absolute Gasteiger partial charge is 0.370 e. The number of non-ortho nitro benzene ring substituents is 1. The van der Waals surface area contributed by atoms with Gasteiger partial charge in [-0.05, 0) is 30.9 Å². The van der Waals surface area contributed by atoms with Crippen LogP contribution in [0.1, 0.15) is 26.7 Å². The Morgan fingerprint density at radius 3 is 2.29 bits per heavy atom. The summed E-state index contributed by atoms with van der Waals surface area (Å²) in [5, 5.41) is 16.0. The van der Waals surface area contributed by atoms with Gasteiger partial charge >= 0.3 is 0 Å². The number of carbonyl (C=O) groups excluding carboxylic acids is 2. The SMILES string of the molecule is CC(C)C(N)C(=O)NC(CCCN=C(N)N)C(=O)Nc1ccc([N+](=O)[O-])cc1. The van der Waals surface area contributed by atoms with Gasteiger partial charge in [0.2, 0.25) is 11.8 Å². The third-order valence-electron chi connectivity index (χ3n) is 3.94. The van der Waals surface area contributed by atoms with E-state index < -0.39 is 28.8 Å². The van der Waals surface area contributed by atoms with Crippen LogP contribution in [0, 0.1) is 16.0 Å². The van der Waals surface area contributed by atoms with E-state index in [0.29, 0.717) is 18.7 Å². The van der Waals surface area contributed by atoms with E-state index in [1.54, 1.807) is 13.8 Å². The van der Waals surface area contributed by atoms with Crippen molar-refractivity contribution in [3.8, 4) is 0 Å². The average Bonchev–Trinajstić information content (AvgIpc) is 2.63. The summed E-state index contributed by atoms with van der Waals surface area (Å²) in [6.07, 6.45) is 0.736. The summed E-state index contributed by atoms with van der Waals surface area (Å²) in [6, 6.07) is 3.75. The monoisotopic (exact) mass is 393 g/mol. The van der Waals surface area contributed by atoms with Crippen LogP contribution in [-0.4, -0.2) is 41.3 Å². The average molecular weight is 393 g/mol. The number of hydrogen-bond acceptors (Lipinski definition) is 6. The lowest BCUT2D eigenvalue weighted by atomic mass is 10.0. The molecule has 11 heteroatoms. The molecular weight excluding hydrogens is 366 g/mol. The normalized spacial score (nSPS) is 12.7. The fraction of sp³-hybridized carbons (Fsp3) is 0.471. The topological polar surface area (TPSA) is 192 Å². The van der Waals surface area contributed by atoms with Gasteiger partial charge in [0.05, 0.1) is 11.0 Å². The van der Waals surface area contributed by atoms with Crippen LogP contribution in [-0.2, 0) is 9.59 Å². The van der Waals surface area contributed by atoms with Crippen LogP contribution < -0.4 is 27.8 Å². The lowest BCUT2D eigenvalue weighted by Crippen LogP contribution is -2.51. The number of nitro benzene ring substituents is 1. The van der Waals surface area contributed by atoms with Gasteiger partial charge in [0.25, 0.3) is 5.69 Å². The van der Waals surface area contributed by atoms with Crippen molar-refractivity contribution in [1.29, 1.82) is 0 Å². The number of anilines is 1. The van der Waals surface area contributed by atoms with Crippen molar-refractivity contribution < 1.29 is 14.5 Å². The molecule has 0 bridgehead atoms. The number of guanidine groups is 1. The first-order valence-corrected chi connectivity index (χ1v) is 8.78. The number of aliphatic imine (C=N–C) groups is 1.